The van der Waals surface area contributed by atoms with Crippen molar-refractivity contribution in [1.82, 2.24) is 15.5 Å². The molecule has 0 radical (unpaired) electrons. The van der Waals surface area contributed by atoms with Crippen molar-refractivity contribution in [2.75, 3.05) is 32.8 Å². The number of nitrogens with one attached hydrogen (secondary N) is 2. The van der Waals surface area contributed by atoms with Crippen LogP contribution in [0.2, 0.25) is 0 Å². The van der Waals surface area contributed by atoms with Crippen LogP contribution in [0.1, 0.15) is 32.6 Å². The number of nitrogens with zero attached hydrogens (tertiary/aromatic N) is 1. The highest BCUT2D eigenvalue weighted by atomic mass is 16.5. The number of urea groups is 1. The summed E-state index contributed by atoms with van der Waals surface area (Å²) in [6, 6.07) is 0.635. The first-order valence-corrected chi connectivity index (χ1v) is 7.17. The summed E-state index contributed by atoms with van der Waals surface area (Å²) in [5, 5.41) is 6.47. The molecule has 2 N–H and O–H groups in total. The highest BCUT2D eigenvalue weighted by Crippen LogP contribution is 2.12. The van der Waals surface area contributed by atoms with E-state index in [1.807, 2.05) is 4.90 Å². The Labute approximate surface area is 109 Å². The molecule has 0 saturated carbocycles. The van der Waals surface area contributed by atoms with Crippen molar-refractivity contribution in [2.24, 2.45) is 0 Å². The summed E-state index contributed by atoms with van der Waals surface area (Å²) < 4.78 is 5.30. The van der Waals surface area contributed by atoms with Crippen molar-refractivity contribution >= 4 is 6.03 Å². The maximum absolute atomic E-state index is 12.3. The van der Waals surface area contributed by atoms with Crippen LogP contribution in [0.25, 0.3) is 0 Å². The highest BCUT2D eigenvalue weighted by molar-refractivity contribution is 5.75. The van der Waals surface area contributed by atoms with Gasteiger partial charge in [-0.05, 0) is 32.2 Å². The van der Waals surface area contributed by atoms with Gasteiger partial charge in [0.2, 0.25) is 0 Å². The fourth-order valence-electron chi connectivity index (χ4n) is 2.70. The topological polar surface area (TPSA) is 53.6 Å². The molecule has 0 spiro atoms. The SMILES string of the molecule is CCCN(C(=O)NC1CCOC1)C1CCCNC1. The van der Waals surface area contributed by atoms with Gasteiger partial charge in [0, 0.05) is 25.7 Å². The summed E-state index contributed by atoms with van der Waals surface area (Å²) in [5.41, 5.74) is 0. The Morgan fingerprint density at radius 1 is 1.50 bits per heavy atom. The summed E-state index contributed by atoms with van der Waals surface area (Å²) in [5.74, 6) is 0. The Morgan fingerprint density at radius 3 is 3.00 bits per heavy atom. The van der Waals surface area contributed by atoms with Gasteiger partial charge in [-0.25, -0.2) is 4.79 Å². The van der Waals surface area contributed by atoms with Crippen LogP contribution < -0.4 is 10.6 Å². The van der Waals surface area contributed by atoms with Crippen molar-refractivity contribution in [3.05, 3.63) is 0 Å². The lowest BCUT2D eigenvalue weighted by Crippen LogP contribution is -2.54. The van der Waals surface area contributed by atoms with Gasteiger partial charge in [-0.3, -0.25) is 0 Å². The predicted octanol–water partition coefficient (Wildman–Crippen LogP) is 0.949. The van der Waals surface area contributed by atoms with Crippen LogP contribution in [0.3, 0.4) is 0 Å². The number of amides is 2. The Kier molecular flexibility index (Phi) is 5.26. The molecule has 5 nitrogen and oxygen atoms in total. The Morgan fingerprint density at radius 2 is 2.39 bits per heavy atom. The first-order chi connectivity index (χ1) is 8.81. The van der Waals surface area contributed by atoms with Crippen LogP contribution in [-0.2, 0) is 4.74 Å². The van der Waals surface area contributed by atoms with Gasteiger partial charge < -0.3 is 20.3 Å². The summed E-state index contributed by atoms with van der Waals surface area (Å²) in [4.78, 5) is 14.3. The van der Waals surface area contributed by atoms with Crippen LogP contribution in [0.5, 0.6) is 0 Å². The molecule has 0 aromatic heterocycles. The van der Waals surface area contributed by atoms with E-state index in [2.05, 4.69) is 17.6 Å². The number of carbonyl (C=O) groups is 1. The summed E-state index contributed by atoms with van der Waals surface area (Å²) in [6.07, 6.45) is 4.21. The molecule has 5 heteroatoms. The average Bonchev–Trinajstić information content (AvgIpc) is 2.89. The first-order valence-electron chi connectivity index (χ1n) is 7.17. The first kappa shape index (κ1) is 13.6. The van der Waals surface area contributed by atoms with E-state index < -0.39 is 0 Å². The van der Waals surface area contributed by atoms with Crippen molar-refractivity contribution in [3.63, 3.8) is 0 Å². The second kappa shape index (κ2) is 6.95. The molecule has 2 saturated heterocycles. The van der Waals surface area contributed by atoms with Crippen LogP contribution in [0.4, 0.5) is 4.79 Å². The van der Waals surface area contributed by atoms with E-state index in [0.717, 1.165) is 51.9 Å². The third kappa shape index (κ3) is 3.59. The van der Waals surface area contributed by atoms with Crippen molar-refractivity contribution in [1.29, 1.82) is 0 Å². The molecule has 104 valence electrons. The van der Waals surface area contributed by atoms with Gasteiger partial charge in [0.25, 0.3) is 0 Å². The third-order valence-electron chi connectivity index (χ3n) is 3.69. The quantitative estimate of drug-likeness (QED) is 0.786. The summed E-state index contributed by atoms with van der Waals surface area (Å²) in [7, 11) is 0. The minimum Gasteiger partial charge on any atom is -0.379 e. The smallest absolute Gasteiger partial charge is 0.317 e. The second-order valence-electron chi connectivity index (χ2n) is 5.20. The molecule has 0 bridgehead atoms. The molecule has 0 aliphatic carbocycles. The lowest BCUT2D eigenvalue weighted by atomic mass is 10.1. The van der Waals surface area contributed by atoms with Gasteiger partial charge in [0.05, 0.1) is 12.6 Å². The van der Waals surface area contributed by atoms with Gasteiger partial charge >= 0.3 is 6.03 Å². The molecule has 2 atom stereocenters. The lowest BCUT2D eigenvalue weighted by Gasteiger charge is -2.35. The molecule has 2 unspecified atom stereocenters. The summed E-state index contributed by atoms with van der Waals surface area (Å²) in [6.45, 7) is 6.39. The number of piperidine rings is 1. The molecule has 0 aromatic carbocycles. The Hall–Kier alpha value is -0.810. The fraction of sp³-hybridized carbons (Fsp3) is 0.923. The molecule has 2 amide bonds. The highest BCUT2D eigenvalue weighted by Gasteiger charge is 2.27. The van der Waals surface area contributed by atoms with Crippen LogP contribution in [0, 0.1) is 0 Å². The van der Waals surface area contributed by atoms with Gasteiger partial charge in [-0.1, -0.05) is 6.92 Å². The molecule has 2 aliphatic heterocycles. The monoisotopic (exact) mass is 255 g/mol. The van der Waals surface area contributed by atoms with Crippen molar-refractivity contribution < 1.29 is 9.53 Å². The predicted molar refractivity (Wildman–Crippen MR) is 70.6 cm³/mol. The maximum atomic E-state index is 12.3. The van der Waals surface area contributed by atoms with Crippen molar-refractivity contribution in [3.8, 4) is 0 Å². The zero-order valence-corrected chi connectivity index (χ0v) is 11.3. The normalized spacial score (nSPS) is 28.1. The Balaban J connectivity index is 1.87. The zero-order valence-electron chi connectivity index (χ0n) is 11.3. The van der Waals surface area contributed by atoms with Gasteiger partial charge in [0.1, 0.15) is 0 Å². The minimum absolute atomic E-state index is 0.0843. The van der Waals surface area contributed by atoms with Crippen LogP contribution in [-0.4, -0.2) is 55.9 Å². The third-order valence-corrected chi connectivity index (χ3v) is 3.69. The Bertz CT molecular complexity index is 261. The minimum atomic E-state index is 0.0843. The van der Waals surface area contributed by atoms with Gasteiger partial charge in [-0.15, -0.1) is 0 Å². The number of rotatable bonds is 4. The molecular weight excluding hydrogens is 230 g/mol. The second-order valence-corrected chi connectivity index (χ2v) is 5.20. The molecule has 2 heterocycles. The van der Waals surface area contributed by atoms with Crippen LogP contribution >= 0.6 is 0 Å². The van der Waals surface area contributed by atoms with Gasteiger partial charge in [0.15, 0.2) is 0 Å². The average molecular weight is 255 g/mol. The van der Waals surface area contributed by atoms with E-state index in [0.29, 0.717) is 12.6 Å². The van der Waals surface area contributed by atoms with Crippen LogP contribution in [0.15, 0.2) is 0 Å². The van der Waals surface area contributed by atoms with Crippen molar-refractivity contribution in [2.45, 2.75) is 44.7 Å². The van der Waals surface area contributed by atoms with E-state index in [1.54, 1.807) is 0 Å². The van der Waals surface area contributed by atoms with E-state index in [1.165, 1.54) is 0 Å². The molecule has 2 rings (SSSR count). The number of carbonyl (C=O) groups excluding carboxylic acids is 1. The van der Waals surface area contributed by atoms with E-state index in [-0.39, 0.29) is 12.1 Å². The summed E-state index contributed by atoms with van der Waals surface area (Å²) >= 11 is 0. The van der Waals surface area contributed by atoms with E-state index in [9.17, 15) is 4.79 Å². The lowest BCUT2D eigenvalue weighted by molar-refractivity contribution is 0.153. The maximum Gasteiger partial charge on any atom is 0.317 e. The fourth-order valence-corrected chi connectivity index (χ4v) is 2.70. The van der Waals surface area contributed by atoms with E-state index >= 15 is 0 Å². The number of hydrogen-bond donors (Lipinski definition) is 2. The molecule has 2 aliphatic rings. The van der Waals surface area contributed by atoms with Gasteiger partial charge in [-0.2, -0.15) is 0 Å². The molecule has 18 heavy (non-hydrogen) atoms. The number of hydrogen-bond acceptors (Lipinski definition) is 3. The standard InChI is InChI=1S/C13H25N3O2/c1-2-7-16(12-4-3-6-14-9-12)13(17)15-11-5-8-18-10-11/h11-12,14H,2-10H2,1H3,(H,15,17). The molecule has 0 aromatic rings. The van der Waals surface area contributed by atoms with E-state index in [4.69, 9.17) is 4.74 Å². The largest absolute Gasteiger partial charge is 0.379 e. The number of ether oxygens (including phenoxy) is 1. The molecule has 2 fully saturated rings. The zero-order chi connectivity index (χ0) is 12.8. The molecular formula is C13H25N3O2.